The van der Waals surface area contributed by atoms with Gasteiger partial charge in [-0.2, -0.15) is 13.2 Å². The Morgan fingerprint density at radius 3 is 2.10 bits per heavy atom. The molecule has 0 fully saturated rings. The van der Waals surface area contributed by atoms with Gasteiger partial charge in [0.1, 0.15) is 5.03 Å². The lowest BCUT2D eigenvalue weighted by Crippen LogP contribution is -2.09. The minimum atomic E-state index is -4.58. The van der Waals surface area contributed by atoms with Crippen molar-refractivity contribution in [2.24, 2.45) is 0 Å². The van der Waals surface area contributed by atoms with Gasteiger partial charge in [0.25, 0.3) is 0 Å². The maximum absolute atomic E-state index is 12.7. The summed E-state index contributed by atoms with van der Waals surface area (Å²) in [6, 6.07) is 0.824. The van der Waals surface area contributed by atoms with E-state index < -0.39 is 17.2 Å². The van der Waals surface area contributed by atoms with Gasteiger partial charge in [-0.05, 0) is 49.7 Å². The Hall–Kier alpha value is -1.41. The van der Waals surface area contributed by atoms with Gasteiger partial charge in [0.15, 0.2) is 10.9 Å². The standard InChI is InChI=1S/C12H10ClF3N4S/c1-5-6(2)17-11(18-7(5)3)21-9-4-8(12(14,15)16)19-10(13)20-9/h4H,1-3H3. The molecule has 0 atom stereocenters. The molecular weight excluding hydrogens is 325 g/mol. The predicted molar refractivity (Wildman–Crippen MR) is 72.4 cm³/mol. The second-order valence-electron chi connectivity index (χ2n) is 4.26. The molecule has 2 rings (SSSR count). The maximum Gasteiger partial charge on any atom is 0.433 e. The van der Waals surface area contributed by atoms with Gasteiger partial charge < -0.3 is 0 Å². The van der Waals surface area contributed by atoms with Crippen molar-refractivity contribution in [3.63, 3.8) is 0 Å². The summed E-state index contributed by atoms with van der Waals surface area (Å²) < 4.78 is 38.0. The van der Waals surface area contributed by atoms with Gasteiger partial charge in [0.2, 0.25) is 5.28 Å². The quantitative estimate of drug-likeness (QED) is 0.613. The molecular formula is C12H10ClF3N4S. The van der Waals surface area contributed by atoms with Crippen molar-refractivity contribution >= 4 is 23.4 Å². The van der Waals surface area contributed by atoms with E-state index in [0.717, 1.165) is 34.8 Å². The van der Waals surface area contributed by atoms with Gasteiger partial charge in [0, 0.05) is 17.5 Å². The summed E-state index contributed by atoms with van der Waals surface area (Å²) in [6.07, 6.45) is -4.58. The van der Waals surface area contributed by atoms with E-state index in [-0.39, 0.29) is 5.03 Å². The van der Waals surface area contributed by atoms with Crippen molar-refractivity contribution in [3.05, 3.63) is 34.0 Å². The minimum Gasteiger partial charge on any atom is -0.227 e. The average molecular weight is 335 g/mol. The number of rotatable bonds is 2. The SMILES string of the molecule is Cc1nc(Sc2cc(C(F)(F)F)nc(Cl)n2)nc(C)c1C. The van der Waals surface area contributed by atoms with Crippen LogP contribution < -0.4 is 0 Å². The highest BCUT2D eigenvalue weighted by atomic mass is 35.5. The van der Waals surface area contributed by atoms with Crippen LogP contribution in [0.15, 0.2) is 16.2 Å². The maximum atomic E-state index is 12.7. The van der Waals surface area contributed by atoms with E-state index in [9.17, 15) is 13.2 Å². The number of aryl methyl sites for hydroxylation is 2. The Labute approximate surface area is 128 Å². The normalized spacial score (nSPS) is 11.8. The molecule has 0 unspecified atom stereocenters. The third-order valence-corrected chi connectivity index (χ3v) is 3.73. The Morgan fingerprint density at radius 2 is 1.57 bits per heavy atom. The number of halogens is 4. The molecule has 21 heavy (non-hydrogen) atoms. The molecule has 0 saturated heterocycles. The monoisotopic (exact) mass is 334 g/mol. The van der Waals surface area contributed by atoms with Crippen molar-refractivity contribution in [3.8, 4) is 0 Å². The van der Waals surface area contributed by atoms with E-state index in [4.69, 9.17) is 11.6 Å². The first kappa shape index (κ1) is 16.0. The van der Waals surface area contributed by atoms with Crippen LogP contribution in [0.25, 0.3) is 0 Å². The van der Waals surface area contributed by atoms with Gasteiger partial charge in [-0.1, -0.05) is 0 Å². The number of hydrogen-bond donors (Lipinski definition) is 0. The van der Waals surface area contributed by atoms with Gasteiger partial charge >= 0.3 is 6.18 Å². The van der Waals surface area contributed by atoms with E-state index in [0.29, 0.717) is 5.16 Å². The van der Waals surface area contributed by atoms with Gasteiger partial charge in [-0.3, -0.25) is 0 Å². The van der Waals surface area contributed by atoms with E-state index in [1.165, 1.54) is 0 Å². The molecule has 0 aliphatic rings. The zero-order valence-corrected chi connectivity index (χ0v) is 12.9. The third kappa shape index (κ3) is 3.82. The first-order chi connectivity index (χ1) is 9.66. The third-order valence-electron chi connectivity index (χ3n) is 2.77. The van der Waals surface area contributed by atoms with Crippen LogP contribution in [0.2, 0.25) is 5.28 Å². The topological polar surface area (TPSA) is 51.6 Å². The number of nitrogens with zero attached hydrogens (tertiary/aromatic N) is 4. The molecule has 0 aliphatic heterocycles. The first-order valence-electron chi connectivity index (χ1n) is 5.78. The second-order valence-corrected chi connectivity index (χ2v) is 5.59. The number of aromatic nitrogens is 4. The molecule has 0 amide bonds. The minimum absolute atomic E-state index is 0.0463. The summed E-state index contributed by atoms with van der Waals surface area (Å²) in [7, 11) is 0. The van der Waals surface area contributed by atoms with Crippen LogP contribution >= 0.6 is 23.4 Å². The highest BCUT2D eigenvalue weighted by molar-refractivity contribution is 7.99. The molecule has 0 bridgehead atoms. The average Bonchev–Trinajstić information content (AvgIpc) is 2.34. The molecule has 0 N–H and O–H groups in total. The van der Waals surface area contributed by atoms with E-state index in [2.05, 4.69) is 19.9 Å². The molecule has 0 aliphatic carbocycles. The first-order valence-corrected chi connectivity index (χ1v) is 6.97. The smallest absolute Gasteiger partial charge is 0.227 e. The lowest BCUT2D eigenvalue weighted by Gasteiger charge is -2.09. The van der Waals surface area contributed by atoms with Gasteiger partial charge in [0.05, 0.1) is 0 Å². The molecule has 2 heterocycles. The summed E-state index contributed by atoms with van der Waals surface area (Å²) >= 11 is 6.44. The molecule has 112 valence electrons. The highest BCUT2D eigenvalue weighted by Gasteiger charge is 2.33. The van der Waals surface area contributed by atoms with Gasteiger partial charge in [-0.15, -0.1) is 0 Å². The van der Waals surface area contributed by atoms with E-state index in [1.54, 1.807) is 0 Å². The van der Waals surface area contributed by atoms with Crippen molar-refractivity contribution in [1.82, 2.24) is 19.9 Å². The fourth-order valence-corrected chi connectivity index (χ4v) is 2.56. The number of hydrogen-bond acceptors (Lipinski definition) is 5. The van der Waals surface area contributed by atoms with Crippen LogP contribution in [0.1, 0.15) is 22.6 Å². The summed E-state index contributed by atoms with van der Waals surface area (Å²) in [5.41, 5.74) is 1.38. The lowest BCUT2D eigenvalue weighted by molar-refractivity contribution is -0.141. The Bertz CT molecular complexity index is 668. The van der Waals surface area contributed by atoms with Crippen molar-refractivity contribution in [1.29, 1.82) is 0 Å². The summed E-state index contributed by atoms with van der Waals surface area (Å²) in [6.45, 7) is 5.49. The molecule has 4 nitrogen and oxygen atoms in total. The predicted octanol–water partition coefficient (Wildman–Crippen LogP) is 4.02. The second kappa shape index (κ2) is 5.76. The van der Waals surface area contributed by atoms with E-state index >= 15 is 0 Å². The van der Waals surface area contributed by atoms with Crippen molar-refractivity contribution < 1.29 is 13.2 Å². The Morgan fingerprint density at radius 1 is 1.00 bits per heavy atom. The molecule has 9 heteroatoms. The van der Waals surface area contributed by atoms with Crippen molar-refractivity contribution in [2.75, 3.05) is 0 Å². The molecule has 2 aromatic heterocycles. The van der Waals surface area contributed by atoms with Crippen LogP contribution in [0.3, 0.4) is 0 Å². The summed E-state index contributed by atoms with van der Waals surface area (Å²) in [5, 5.41) is -0.101. The zero-order valence-electron chi connectivity index (χ0n) is 11.3. The van der Waals surface area contributed by atoms with Crippen LogP contribution in [0.4, 0.5) is 13.2 Å². The van der Waals surface area contributed by atoms with Gasteiger partial charge in [-0.25, -0.2) is 19.9 Å². The highest BCUT2D eigenvalue weighted by Crippen LogP contribution is 2.32. The summed E-state index contributed by atoms with van der Waals surface area (Å²) in [5.74, 6) is 0. The Kier molecular flexibility index (Phi) is 4.38. The van der Waals surface area contributed by atoms with Crippen molar-refractivity contribution in [2.45, 2.75) is 37.1 Å². The molecule has 0 saturated carbocycles. The van der Waals surface area contributed by atoms with Crippen LogP contribution in [-0.4, -0.2) is 19.9 Å². The number of alkyl halides is 3. The Balaban J connectivity index is 2.38. The summed E-state index contributed by atoms with van der Waals surface area (Å²) in [4.78, 5) is 15.4. The fraction of sp³-hybridized carbons (Fsp3) is 0.333. The molecule has 0 spiro atoms. The fourth-order valence-electron chi connectivity index (χ4n) is 1.47. The molecule has 0 radical (unpaired) electrons. The molecule has 0 aromatic carbocycles. The van der Waals surface area contributed by atoms with E-state index in [1.807, 2.05) is 20.8 Å². The van der Waals surface area contributed by atoms with Crippen LogP contribution in [0, 0.1) is 20.8 Å². The largest absolute Gasteiger partial charge is 0.433 e. The van der Waals surface area contributed by atoms with Crippen LogP contribution in [0.5, 0.6) is 0 Å². The lowest BCUT2D eigenvalue weighted by atomic mass is 10.2. The van der Waals surface area contributed by atoms with Crippen LogP contribution in [-0.2, 0) is 6.18 Å². The molecule has 2 aromatic rings. The zero-order chi connectivity index (χ0) is 15.8.